The van der Waals surface area contributed by atoms with Gasteiger partial charge in [-0.1, -0.05) is 12.1 Å². The van der Waals surface area contributed by atoms with Crippen LogP contribution in [0.5, 0.6) is 0 Å². The second kappa shape index (κ2) is 8.64. The van der Waals surface area contributed by atoms with Gasteiger partial charge < -0.3 is 16.8 Å². The van der Waals surface area contributed by atoms with Gasteiger partial charge in [0.1, 0.15) is 35.0 Å². The van der Waals surface area contributed by atoms with E-state index in [2.05, 4.69) is 35.3 Å². The molecule has 5 aromatic rings. The van der Waals surface area contributed by atoms with E-state index in [0.717, 1.165) is 11.3 Å². The maximum absolute atomic E-state index is 13.8. The number of rotatable bonds is 6. The molecular formula is C25H21F3N10. The Bertz CT molecular complexity index is 1610. The summed E-state index contributed by atoms with van der Waals surface area (Å²) in [6.07, 6.45) is 0.440. The number of fused-ring (bicyclic) bond motifs is 1. The SMILES string of the molecule is Nc1ccc(-c2cc(Cc3ccc(-n4cncn4)cc3)c3nc(N)nc(NC4(C(F)(F)F)CC4)c3n2)cn1. The van der Waals surface area contributed by atoms with Gasteiger partial charge in [0, 0.05) is 11.8 Å². The van der Waals surface area contributed by atoms with E-state index in [-0.39, 0.29) is 30.1 Å². The molecule has 1 aliphatic carbocycles. The summed E-state index contributed by atoms with van der Waals surface area (Å²) in [5, 5.41) is 6.71. The summed E-state index contributed by atoms with van der Waals surface area (Å²) >= 11 is 0. The number of aromatic nitrogens is 7. The minimum Gasteiger partial charge on any atom is -0.384 e. The largest absolute Gasteiger partial charge is 0.411 e. The van der Waals surface area contributed by atoms with Gasteiger partial charge in [-0.2, -0.15) is 23.3 Å². The first-order valence-electron chi connectivity index (χ1n) is 11.7. The molecule has 5 N–H and O–H groups in total. The van der Waals surface area contributed by atoms with Gasteiger partial charge in [-0.15, -0.1) is 0 Å². The number of halogens is 3. The Balaban J connectivity index is 1.47. The number of nitrogens with one attached hydrogen (secondary N) is 1. The lowest BCUT2D eigenvalue weighted by Crippen LogP contribution is -2.39. The highest BCUT2D eigenvalue weighted by molar-refractivity contribution is 5.91. The molecule has 1 aromatic carbocycles. The van der Waals surface area contributed by atoms with Crippen LogP contribution < -0.4 is 16.8 Å². The van der Waals surface area contributed by atoms with Gasteiger partial charge in [0.15, 0.2) is 5.82 Å². The van der Waals surface area contributed by atoms with Crippen LogP contribution in [0.3, 0.4) is 0 Å². The zero-order chi connectivity index (χ0) is 26.5. The predicted octanol–water partition coefficient (Wildman–Crippen LogP) is 3.93. The Hall–Kier alpha value is -4.81. The fourth-order valence-electron chi connectivity index (χ4n) is 4.27. The van der Waals surface area contributed by atoms with Gasteiger partial charge >= 0.3 is 6.18 Å². The Morgan fingerprint density at radius 1 is 0.974 bits per heavy atom. The third-order valence-electron chi connectivity index (χ3n) is 6.50. The minimum absolute atomic E-state index is 0.0599. The Kier molecular flexibility index (Phi) is 5.36. The maximum atomic E-state index is 13.8. The van der Waals surface area contributed by atoms with Crippen molar-refractivity contribution in [3.05, 3.63) is 72.4 Å². The molecule has 0 aliphatic heterocycles. The summed E-state index contributed by atoms with van der Waals surface area (Å²) < 4.78 is 43.0. The topological polar surface area (TPSA) is 146 Å². The first-order chi connectivity index (χ1) is 18.2. The molecule has 192 valence electrons. The van der Waals surface area contributed by atoms with E-state index in [9.17, 15) is 13.2 Å². The molecule has 0 unspecified atom stereocenters. The molecule has 13 heteroatoms. The highest BCUT2D eigenvalue weighted by atomic mass is 19.4. The second-order valence-corrected chi connectivity index (χ2v) is 9.15. The molecule has 10 nitrogen and oxygen atoms in total. The molecule has 1 fully saturated rings. The number of pyridine rings is 2. The lowest BCUT2D eigenvalue weighted by molar-refractivity contribution is -0.151. The second-order valence-electron chi connectivity index (χ2n) is 9.15. The van der Waals surface area contributed by atoms with Gasteiger partial charge in [0.05, 0.1) is 11.4 Å². The number of alkyl halides is 3. The molecule has 4 aromatic heterocycles. The van der Waals surface area contributed by atoms with Crippen LogP contribution in [0, 0.1) is 0 Å². The molecule has 0 radical (unpaired) electrons. The van der Waals surface area contributed by atoms with E-state index >= 15 is 0 Å². The highest BCUT2D eigenvalue weighted by Gasteiger charge is 2.64. The summed E-state index contributed by atoms with van der Waals surface area (Å²) in [6, 6.07) is 12.9. The number of anilines is 3. The first-order valence-corrected chi connectivity index (χ1v) is 11.7. The summed E-state index contributed by atoms with van der Waals surface area (Å²) in [6.45, 7) is 0. The lowest BCUT2D eigenvalue weighted by atomic mass is 10.0. The average Bonchev–Trinajstić information content (AvgIpc) is 3.48. The van der Waals surface area contributed by atoms with E-state index in [1.807, 2.05) is 30.3 Å². The number of hydrogen-bond acceptors (Lipinski definition) is 9. The zero-order valence-corrected chi connectivity index (χ0v) is 19.8. The van der Waals surface area contributed by atoms with E-state index in [0.29, 0.717) is 34.6 Å². The van der Waals surface area contributed by atoms with Crippen molar-refractivity contribution >= 4 is 28.6 Å². The Labute approximate surface area is 214 Å². The number of benzene rings is 1. The lowest BCUT2D eigenvalue weighted by Gasteiger charge is -2.22. The molecule has 6 rings (SSSR count). The van der Waals surface area contributed by atoms with Crippen LogP contribution in [0.4, 0.5) is 30.8 Å². The maximum Gasteiger partial charge on any atom is 0.411 e. The monoisotopic (exact) mass is 518 g/mol. The van der Waals surface area contributed by atoms with Gasteiger partial charge in [-0.3, -0.25) is 0 Å². The normalized spacial score (nSPS) is 14.5. The van der Waals surface area contributed by atoms with Crippen molar-refractivity contribution in [2.75, 3.05) is 16.8 Å². The molecule has 0 saturated heterocycles. The van der Waals surface area contributed by atoms with Crippen LogP contribution >= 0.6 is 0 Å². The number of nitrogens with two attached hydrogens (primary N) is 2. The number of nitrogen functional groups attached to an aromatic ring is 2. The zero-order valence-electron chi connectivity index (χ0n) is 19.8. The van der Waals surface area contributed by atoms with E-state index in [1.165, 1.54) is 6.33 Å². The fourth-order valence-corrected chi connectivity index (χ4v) is 4.27. The van der Waals surface area contributed by atoms with E-state index in [4.69, 9.17) is 11.5 Å². The molecule has 4 heterocycles. The quantitative estimate of drug-likeness (QED) is 0.304. The predicted molar refractivity (Wildman–Crippen MR) is 135 cm³/mol. The highest BCUT2D eigenvalue weighted by Crippen LogP contribution is 2.51. The third-order valence-corrected chi connectivity index (χ3v) is 6.50. The first kappa shape index (κ1) is 23.6. The van der Waals surface area contributed by atoms with Gasteiger partial charge in [0.2, 0.25) is 5.95 Å². The molecule has 0 amide bonds. The Morgan fingerprint density at radius 2 is 1.76 bits per heavy atom. The number of nitrogens with zero attached hydrogens (tertiary/aromatic N) is 7. The van der Waals surface area contributed by atoms with Crippen molar-refractivity contribution in [3.8, 4) is 16.9 Å². The van der Waals surface area contributed by atoms with Crippen LogP contribution in [0.2, 0.25) is 0 Å². The average molecular weight is 519 g/mol. The Morgan fingerprint density at radius 3 is 2.39 bits per heavy atom. The van der Waals surface area contributed by atoms with Crippen LogP contribution in [0.25, 0.3) is 28.0 Å². The van der Waals surface area contributed by atoms with Crippen molar-refractivity contribution in [3.63, 3.8) is 0 Å². The van der Waals surface area contributed by atoms with Crippen molar-refractivity contribution in [1.29, 1.82) is 0 Å². The van der Waals surface area contributed by atoms with Gasteiger partial charge in [-0.25, -0.2) is 24.6 Å². The summed E-state index contributed by atoms with van der Waals surface area (Å²) in [7, 11) is 0. The molecular weight excluding hydrogens is 497 g/mol. The standard InChI is InChI=1S/C25H21F3N10/c26-25(27,28)24(7-8-24)37-22-21-20(35-23(30)36-22)16(10-18(34-21)15-3-6-19(29)32-11-15)9-14-1-4-17(5-2-14)38-13-31-12-33-38/h1-6,10-13H,7-9H2,(H2,29,32)(H3,30,35,36,37). The third kappa shape index (κ3) is 4.31. The van der Waals surface area contributed by atoms with Gasteiger partial charge in [0.25, 0.3) is 0 Å². The fraction of sp³-hybridized carbons (Fsp3) is 0.200. The van der Waals surface area contributed by atoms with Crippen LogP contribution in [-0.4, -0.2) is 46.4 Å². The van der Waals surface area contributed by atoms with Gasteiger partial charge in [-0.05, 0) is 60.7 Å². The van der Waals surface area contributed by atoms with Crippen LogP contribution in [-0.2, 0) is 6.42 Å². The molecule has 1 saturated carbocycles. The minimum atomic E-state index is -4.45. The molecule has 0 atom stereocenters. The van der Waals surface area contributed by atoms with Crippen LogP contribution in [0.15, 0.2) is 61.3 Å². The smallest absolute Gasteiger partial charge is 0.384 e. The number of hydrogen-bond donors (Lipinski definition) is 3. The van der Waals surface area contributed by atoms with Crippen molar-refractivity contribution < 1.29 is 13.2 Å². The van der Waals surface area contributed by atoms with Crippen molar-refractivity contribution in [1.82, 2.24) is 34.7 Å². The molecule has 1 aliphatic rings. The van der Waals surface area contributed by atoms with Crippen molar-refractivity contribution in [2.24, 2.45) is 0 Å². The van der Waals surface area contributed by atoms with Crippen molar-refractivity contribution in [2.45, 2.75) is 31.0 Å². The summed E-state index contributed by atoms with van der Waals surface area (Å²) in [5.41, 5.74) is 13.8. The molecule has 38 heavy (non-hydrogen) atoms. The van der Waals surface area contributed by atoms with E-state index < -0.39 is 11.7 Å². The molecule has 0 bridgehead atoms. The summed E-state index contributed by atoms with van der Waals surface area (Å²) in [4.78, 5) is 21.2. The summed E-state index contributed by atoms with van der Waals surface area (Å²) in [5.74, 6) is 0.126. The van der Waals surface area contributed by atoms with E-state index in [1.54, 1.807) is 29.3 Å². The molecule has 0 spiro atoms. The van der Waals surface area contributed by atoms with Crippen LogP contribution in [0.1, 0.15) is 24.0 Å².